The molecule has 0 radical (unpaired) electrons. The quantitative estimate of drug-likeness (QED) is 0.499. The van der Waals surface area contributed by atoms with Crippen molar-refractivity contribution in [3.8, 4) is 0 Å². The first-order valence-corrected chi connectivity index (χ1v) is 11.4. The Hall–Kier alpha value is -0.123. The molecule has 1 saturated heterocycles. The summed E-state index contributed by atoms with van der Waals surface area (Å²) in [7, 11) is -1.78. The zero-order valence-electron chi connectivity index (χ0n) is 15.4. The maximum absolute atomic E-state index is 6.75. The van der Waals surface area contributed by atoms with Crippen LogP contribution < -0.4 is 0 Å². The van der Waals surface area contributed by atoms with Crippen LogP contribution in [0, 0.1) is 11.8 Å². The Bertz CT molecular complexity index is 346. The van der Waals surface area contributed by atoms with Crippen LogP contribution in [-0.4, -0.2) is 26.6 Å². The van der Waals surface area contributed by atoms with Gasteiger partial charge in [-0.15, -0.1) is 6.58 Å². The van der Waals surface area contributed by atoms with Crippen molar-refractivity contribution in [1.29, 1.82) is 0 Å². The SMILES string of the molecule is C=CCC1O[C@H](CC)[C@@H](C)[C@H](C)[C@@H]1O[Si](C)(C)C(C)(C)C. The van der Waals surface area contributed by atoms with Crippen LogP contribution in [0.4, 0.5) is 0 Å². The molecule has 0 aromatic heterocycles. The molecule has 0 aromatic carbocycles. The monoisotopic (exact) mass is 312 g/mol. The van der Waals surface area contributed by atoms with Crippen molar-refractivity contribution < 1.29 is 9.16 Å². The lowest BCUT2D eigenvalue weighted by Gasteiger charge is -2.49. The van der Waals surface area contributed by atoms with Gasteiger partial charge in [0, 0.05) is 0 Å². The topological polar surface area (TPSA) is 18.5 Å². The molecule has 1 aliphatic heterocycles. The fraction of sp³-hybridized carbons (Fsp3) is 0.889. The molecule has 1 unspecified atom stereocenters. The molecule has 21 heavy (non-hydrogen) atoms. The van der Waals surface area contributed by atoms with Gasteiger partial charge in [-0.2, -0.15) is 0 Å². The van der Waals surface area contributed by atoms with E-state index in [4.69, 9.17) is 9.16 Å². The zero-order valence-corrected chi connectivity index (χ0v) is 16.4. The highest BCUT2D eigenvalue weighted by Crippen LogP contribution is 2.42. The van der Waals surface area contributed by atoms with Crippen LogP contribution in [0.25, 0.3) is 0 Å². The van der Waals surface area contributed by atoms with Gasteiger partial charge in [0.05, 0.1) is 18.3 Å². The van der Waals surface area contributed by atoms with E-state index in [9.17, 15) is 0 Å². The summed E-state index contributed by atoms with van der Waals surface area (Å²) in [5.74, 6) is 1.08. The van der Waals surface area contributed by atoms with Crippen LogP contribution in [0.5, 0.6) is 0 Å². The maximum Gasteiger partial charge on any atom is 0.192 e. The average Bonchev–Trinajstić information content (AvgIpc) is 2.37. The molecule has 0 N–H and O–H groups in total. The van der Waals surface area contributed by atoms with Crippen molar-refractivity contribution in [2.24, 2.45) is 11.8 Å². The highest BCUT2D eigenvalue weighted by Gasteiger charge is 2.46. The molecular formula is C18H36O2Si. The first kappa shape index (κ1) is 18.9. The molecular weight excluding hydrogens is 276 g/mol. The smallest absolute Gasteiger partial charge is 0.192 e. The molecule has 1 fully saturated rings. The molecule has 3 heteroatoms. The van der Waals surface area contributed by atoms with Crippen LogP contribution in [0.2, 0.25) is 18.1 Å². The van der Waals surface area contributed by atoms with Gasteiger partial charge in [0.15, 0.2) is 8.32 Å². The van der Waals surface area contributed by atoms with Crippen LogP contribution in [0.3, 0.4) is 0 Å². The predicted octanol–water partition coefficient (Wildman–Crippen LogP) is 5.40. The van der Waals surface area contributed by atoms with Crippen molar-refractivity contribution in [3.63, 3.8) is 0 Å². The second kappa shape index (κ2) is 6.97. The first-order chi connectivity index (χ1) is 9.55. The minimum absolute atomic E-state index is 0.160. The van der Waals surface area contributed by atoms with Crippen LogP contribution in [-0.2, 0) is 9.16 Å². The van der Waals surface area contributed by atoms with E-state index in [2.05, 4.69) is 61.2 Å². The summed E-state index contributed by atoms with van der Waals surface area (Å²) in [6.07, 6.45) is 4.64. The zero-order chi connectivity index (χ0) is 16.4. The van der Waals surface area contributed by atoms with E-state index in [1.807, 2.05) is 6.08 Å². The fourth-order valence-electron chi connectivity index (χ4n) is 2.92. The van der Waals surface area contributed by atoms with Crippen molar-refractivity contribution in [2.75, 3.05) is 0 Å². The Morgan fingerprint density at radius 1 is 1.14 bits per heavy atom. The van der Waals surface area contributed by atoms with Gasteiger partial charge in [0.25, 0.3) is 0 Å². The van der Waals surface area contributed by atoms with E-state index < -0.39 is 8.32 Å². The summed E-state index contributed by atoms with van der Waals surface area (Å²) in [5.41, 5.74) is 0. The van der Waals surface area contributed by atoms with Crippen LogP contribution in [0.1, 0.15) is 54.4 Å². The minimum atomic E-state index is -1.78. The van der Waals surface area contributed by atoms with Crippen molar-refractivity contribution >= 4 is 8.32 Å². The largest absolute Gasteiger partial charge is 0.411 e. The summed E-state index contributed by atoms with van der Waals surface area (Å²) < 4.78 is 13.1. The van der Waals surface area contributed by atoms with E-state index in [0.29, 0.717) is 17.9 Å². The molecule has 0 spiro atoms. The lowest BCUT2D eigenvalue weighted by atomic mass is 9.80. The molecule has 0 amide bonds. The van der Waals surface area contributed by atoms with Crippen LogP contribution in [0.15, 0.2) is 12.7 Å². The minimum Gasteiger partial charge on any atom is -0.411 e. The molecule has 0 saturated carbocycles. The second-order valence-corrected chi connectivity index (χ2v) is 13.0. The molecule has 1 rings (SSSR count). The molecule has 1 aliphatic rings. The molecule has 0 aliphatic carbocycles. The van der Waals surface area contributed by atoms with Gasteiger partial charge in [0.2, 0.25) is 0 Å². The fourth-order valence-corrected chi connectivity index (χ4v) is 4.32. The number of ether oxygens (including phenoxy) is 1. The second-order valence-electron chi connectivity index (χ2n) is 8.21. The molecule has 124 valence electrons. The number of rotatable bonds is 5. The molecule has 0 aromatic rings. The average molecular weight is 313 g/mol. The summed E-state index contributed by atoms with van der Waals surface area (Å²) in [6.45, 7) is 22.3. The summed E-state index contributed by atoms with van der Waals surface area (Å²) >= 11 is 0. The van der Waals surface area contributed by atoms with Gasteiger partial charge in [-0.1, -0.05) is 47.6 Å². The first-order valence-electron chi connectivity index (χ1n) is 8.49. The van der Waals surface area contributed by atoms with Gasteiger partial charge < -0.3 is 9.16 Å². The van der Waals surface area contributed by atoms with E-state index in [1.54, 1.807) is 0 Å². The highest BCUT2D eigenvalue weighted by atomic mass is 28.4. The third-order valence-electron chi connectivity index (χ3n) is 5.69. The van der Waals surface area contributed by atoms with E-state index >= 15 is 0 Å². The van der Waals surface area contributed by atoms with Gasteiger partial charge in [-0.25, -0.2) is 0 Å². The summed E-state index contributed by atoms with van der Waals surface area (Å²) in [6, 6.07) is 0. The molecule has 0 bridgehead atoms. The van der Waals surface area contributed by atoms with E-state index in [0.717, 1.165) is 12.8 Å². The molecule has 2 nitrogen and oxygen atoms in total. The van der Waals surface area contributed by atoms with Crippen molar-refractivity contribution in [2.45, 2.75) is 90.8 Å². The Balaban J connectivity index is 2.97. The van der Waals surface area contributed by atoms with Crippen molar-refractivity contribution in [1.82, 2.24) is 0 Å². The Labute approximate surface area is 133 Å². The maximum atomic E-state index is 6.75. The Morgan fingerprint density at radius 2 is 1.71 bits per heavy atom. The Morgan fingerprint density at radius 3 is 2.14 bits per heavy atom. The third-order valence-corrected chi connectivity index (χ3v) is 10.2. The molecule has 1 heterocycles. The lowest BCUT2D eigenvalue weighted by molar-refractivity contribution is -0.161. The standard InChI is InChI=1S/C18H36O2Si/c1-10-12-16-17(20-21(8,9)18(5,6)7)14(4)13(3)15(11-2)19-16/h10,13-17H,1,11-12H2,2-9H3/t13-,14-,15+,16?,17-/m0/s1. The van der Waals surface area contributed by atoms with Crippen molar-refractivity contribution in [3.05, 3.63) is 12.7 Å². The number of hydrogen-bond donors (Lipinski definition) is 0. The van der Waals surface area contributed by atoms with Gasteiger partial charge >= 0.3 is 0 Å². The molecule has 5 atom stereocenters. The third kappa shape index (κ3) is 4.20. The summed E-state index contributed by atoms with van der Waals surface area (Å²) in [5, 5.41) is 0.232. The van der Waals surface area contributed by atoms with Crippen LogP contribution >= 0.6 is 0 Å². The van der Waals surface area contributed by atoms with Gasteiger partial charge in [-0.3, -0.25) is 0 Å². The van der Waals surface area contributed by atoms with Gasteiger partial charge in [-0.05, 0) is 42.8 Å². The predicted molar refractivity (Wildman–Crippen MR) is 94.2 cm³/mol. The van der Waals surface area contributed by atoms with E-state index in [1.165, 1.54) is 0 Å². The van der Waals surface area contributed by atoms with E-state index in [-0.39, 0.29) is 17.2 Å². The lowest BCUT2D eigenvalue weighted by Crippen LogP contribution is -2.55. The highest BCUT2D eigenvalue weighted by molar-refractivity contribution is 6.74. The summed E-state index contributed by atoms with van der Waals surface area (Å²) in [4.78, 5) is 0. The number of hydrogen-bond acceptors (Lipinski definition) is 2. The van der Waals surface area contributed by atoms with Gasteiger partial charge in [0.1, 0.15) is 0 Å². The Kier molecular flexibility index (Phi) is 6.28. The normalized spacial score (nSPS) is 34.8.